The molecule has 0 amide bonds. The highest BCUT2D eigenvalue weighted by atomic mass is 32.1. The van der Waals surface area contributed by atoms with Gasteiger partial charge in [-0.25, -0.2) is 13.8 Å². The summed E-state index contributed by atoms with van der Waals surface area (Å²) < 4.78 is 27.3. The molecule has 5 heteroatoms. The topological polar surface area (TPSA) is 24.9 Å². The van der Waals surface area contributed by atoms with Crippen LogP contribution in [-0.2, 0) is 0 Å². The van der Waals surface area contributed by atoms with Crippen molar-refractivity contribution in [1.82, 2.24) is 10.3 Å². The minimum atomic E-state index is -0.564. The molecule has 1 aromatic heterocycles. The predicted octanol–water partition coefficient (Wildman–Crippen LogP) is 3.51. The number of thiazole rings is 1. The molecule has 1 unspecified atom stereocenters. The molecule has 1 atom stereocenters. The first-order valence-corrected chi connectivity index (χ1v) is 6.77. The Labute approximate surface area is 108 Å². The maximum Gasteiger partial charge on any atom is 0.135 e. The van der Waals surface area contributed by atoms with E-state index in [0.717, 1.165) is 24.4 Å². The maximum atomic E-state index is 13.6. The van der Waals surface area contributed by atoms with Crippen LogP contribution in [0.15, 0.2) is 23.6 Å². The van der Waals surface area contributed by atoms with Crippen LogP contribution in [0.4, 0.5) is 8.78 Å². The predicted molar refractivity (Wildman–Crippen MR) is 67.4 cm³/mol. The fraction of sp³-hybridized carbons (Fsp3) is 0.308. The molecular weight excluding hydrogens is 254 g/mol. The van der Waals surface area contributed by atoms with E-state index >= 15 is 0 Å². The summed E-state index contributed by atoms with van der Waals surface area (Å²) in [5.41, 5.74) is 0.359. The molecule has 0 spiro atoms. The van der Waals surface area contributed by atoms with Crippen LogP contribution < -0.4 is 5.32 Å². The molecule has 0 bridgehead atoms. The molecule has 18 heavy (non-hydrogen) atoms. The Kier molecular flexibility index (Phi) is 3.09. The average Bonchev–Trinajstić information content (AvgIpc) is 2.99. The van der Waals surface area contributed by atoms with E-state index in [1.54, 1.807) is 5.38 Å². The molecule has 1 aliphatic rings. The molecule has 0 saturated carbocycles. The Hall–Kier alpha value is -1.33. The molecule has 1 N–H and O–H groups in total. The van der Waals surface area contributed by atoms with Crippen molar-refractivity contribution in [3.8, 4) is 11.3 Å². The molecular formula is C13H12F2N2S. The molecule has 2 aromatic rings. The second-order valence-electron chi connectivity index (χ2n) is 4.32. The first-order chi connectivity index (χ1) is 8.75. The first-order valence-electron chi connectivity index (χ1n) is 5.89. The van der Waals surface area contributed by atoms with E-state index in [1.807, 2.05) is 0 Å². The molecule has 3 rings (SSSR count). The third kappa shape index (κ3) is 2.04. The van der Waals surface area contributed by atoms with E-state index in [9.17, 15) is 8.78 Å². The zero-order valence-electron chi connectivity index (χ0n) is 9.62. The van der Waals surface area contributed by atoms with Crippen molar-refractivity contribution in [2.24, 2.45) is 0 Å². The zero-order valence-corrected chi connectivity index (χ0v) is 10.4. The van der Waals surface area contributed by atoms with E-state index in [4.69, 9.17) is 0 Å². The molecule has 0 radical (unpaired) electrons. The summed E-state index contributed by atoms with van der Waals surface area (Å²) in [4.78, 5) is 4.36. The number of rotatable bonds is 2. The van der Waals surface area contributed by atoms with Gasteiger partial charge in [0.15, 0.2) is 0 Å². The monoisotopic (exact) mass is 266 g/mol. The van der Waals surface area contributed by atoms with Gasteiger partial charge in [-0.15, -0.1) is 11.3 Å². The highest BCUT2D eigenvalue weighted by molar-refractivity contribution is 7.10. The summed E-state index contributed by atoms with van der Waals surface area (Å²) in [6.07, 6.45) is 2.15. The van der Waals surface area contributed by atoms with Gasteiger partial charge in [-0.1, -0.05) is 6.07 Å². The highest BCUT2D eigenvalue weighted by Gasteiger charge is 2.21. The number of nitrogens with one attached hydrogen (secondary N) is 1. The zero-order chi connectivity index (χ0) is 12.5. The molecule has 1 fully saturated rings. The van der Waals surface area contributed by atoms with E-state index < -0.39 is 11.6 Å². The lowest BCUT2D eigenvalue weighted by Crippen LogP contribution is -2.12. The number of hydrogen-bond acceptors (Lipinski definition) is 3. The van der Waals surface area contributed by atoms with Gasteiger partial charge in [0.05, 0.1) is 17.3 Å². The Bertz CT molecular complexity index is 542. The van der Waals surface area contributed by atoms with E-state index in [0.29, 0.717) is 5.69 Å². The van der Waals surface area contributed by atoms with Crippen molar-refractivity contribution in [3.63, 3.8) is 0 Å². The largest absolute Gasteiger partial charge is 0.308 e. The molecule has 2 heterocycles. The normalized spacial score (nSPS) is 19.3. The van der Waals surface area contributed by atoms with Crippen molar-refractivity contribution in [2.45, 2.75) is 18.9 Å². The summed E-state index contributed by atoms with van der Waals surface area (Å²) in [7, 11) is 0. The summed E-state index contributed by atoms with van der Waals surface area (Å²) in [5, 5.41) is 5.95. The lowest BCUT2D eigenvalue weighted by Gasteiger charge is -2.05. The van der Waals surface area contributed by atoms with Gasteiger partial charge in [0.2, 0.25) is 0 Å². The van der Waals surface area contributed by atoms with Crippen molar-refractivity contribution >= 4 is 11.3 Å². The fourth-order valence-corrected chi connectivity index (χ4v) is 3.12. The summed E-state index contributed by atoms with van der Waals surface area (Å²) in [5.74, 6) is -1.13. The molecule has 1 aliphatic heterocycles. The molecule has 1 aromatic carbocycles. The van der Waals surface area contributed by atoms with Gasteiger partial charge in [-0.2, -0.15) is 0 Å². The Morgan fingerprint density at radius 2 is 2.06 bits per heavy atom. The van der Waals surface area contributed by atoms with Crippen molar-refractivity contribution in [1.29, 1.82) is 0 Å². The third-order valence-electron chi connectivity index (χ3n) is 3.10. The number of hydrogen-bond donors (Lipinski definition) is 1. The summed E-state index contributed by atoms with van der Waals surface area (Å²) in [6.45, 7) is 0.980. The maximum absolute atomic E-state index is 13.6. The minimum absolute atomic E-state index is 0.0296. The van der Waals surface area contributed by atoms with Crippen molar-refractivity contribution in [2.75, 3.05) is 6.54 Å². The van der Waals surface area contributed by atoms with Gasteiger partial charge < -0.3 is 5.32 Å². The van der Waals surface area contributed by atoms with E-state index in [1.165, 1.54) is 29.5 Å². The molecule has 94 valence electrons. The first kappa shape index (κ1) is 11.7. The Morgan fingerprint density at radius 1 is 1.28 bits per heavy atom. The molecule has 0 aliphatic carbocycles. The Balaban J connectivity index is 1.97. The van der Waals surface area contributed by atoms with E-state index in [2.05, 4.69) is 10.3 Å². The van der Waals surface area contributed by atoms with Crippen LogP contribution in [0.3, 0.4) is 0 Å². The Morgan fingerprint density at radius 3 is 2.72 bits per heavy atom. The van der Waals surface area contributed by atoms with Crippen LogP contribution in [0, 0.1) is 11.6 Å². The second-order valence-corrected chi connectivity index (χ2v) is 5.21. The molecule has 1 saturated heterocycles. The number of benzene rings is 1. The van der Waals surface area contributed by atoms with Crippen LogP contribution in [0.25, 0.3) is 11.3 Å². The smallest absolute Gasteiger partial charge is 0.135 e. The highest BCUT2D eigenvalue weighted by Crippen LogP contribution is 2.31. The number of aromatic nitrogens is 1. The number of nitrogens with zero attached hydrogens (tertiary/aromatic N) is 1. The van der Waals surface area contributed by atoms with Gasteiger partial charge in [-0.3, -0.25) is 0 Å². The van der Waals surface area contributed by atoms with Gasteiger partial charge in [0, 0.05) is 5.38 Å². The second kappa shape index (κ2) is 4.74. The van der Waals surface area contributed by atoms with Crippen LogP contribution in [0.2, 0.25) is 0 Å². The summed E-state index contributed by atoms with van der Waals surface area (Å²) >= 11 is 1.45. The summed E-state index contributed by atoms with van der Waals surface area (Å²) in [6, 6.07) is 4.11. The lowest BCUT2D eigenvalue weighted by atomic mass is 10.1. The van der Waals surface area contributed by atoms with Crippen LogP contribution in [-0.4, -0.2) is 11.5 Å². The SMILES string of the molecule is Fc1cccc(F)c1-c1csc(C2CCCN2)n1. The lowest BCUT2D eigenvalue weighted by molar-refractivity contribution is 0.588. The van der Waals surface area contributed by atoms with Gasteiger partial charge in [0.25, 0.3) is 0 Å². The standard InChI is InChI=1S/C13H12F2N2S/c14-8-3-1-4-9(15)12(8)11-7-18-13(17-11)10-5-2-6-16-10/h1,3-4,7,10,16H,2,5-6H2. The van der Waals surface area contributed by atoms with Crippen molar-refractivity contribution < 1.29 is 8.78 Å². The van der Waals surface area contributed by atoms with E-state index in [-0.39, 0.29) is 11.6 Å². The fourth-order valence-electron chi connectivity index (χ4n) is 2.20. The van der Waals surface area contributed by atoms with Gasteiger partial charge in [-0.05, 0) is 31.5 Å². The van der Waals surface area contributed by atoms with Crippen LogP contribution in [0.1, 0.15) is 23.9 Å². The van der Waals surface area contributed by atoms with Crippen molar-refractivity contribution in [3.05, 3.63) is 40.2 Å². The number of halogens is 2. The minimum Gasteiger partial charge on any atom is -0.308 e. The van der Waals surface area contributed by atoms with Crippen LogP contribution >= 0.6 is 11.3 Å². The van der Waals surface area contributed by atoms with Gasteiger partial charge >= 0.3 is 0 Å². The quantitative estimate of drug-likeness (QED) is 0.899. The van der Waals surface area contributed by atoms with Gasteiger partial charge in [0.1, 0.15) is 16.6 Å². The third-order valence-corrected chi connectivity index (χ3v) is 4.06. The molecule has 2 nitrogen and oxygen atoms in total. The average molecular weight is 266 g/mol. The van der Waals surface area contributed by atoms with Crippen LogP contribution in [0.5, 0.6) is 0 Å².